The second kappa shape index (κ2) is 8.13. The van der Waals surface area contributed by atoms with Crippen molar-refractivity contribution in [2.75, 3.05) is 16.0 Å². The minimum atomic E-state index is -0.785. The fraction of sp³-hybridized carbons (Fsp3) is 0.167. The molecule has 1 heterocycles. The third-order valence-corrected chi connectivity index (χ3v) is 6.45. The molecule has 0 unspecified atom stereocenters. The number of carbonyl (C=O) groups excluding carboxylic acids is 2. The third-order valence-electron chi connectivity index (χ3n) is 5.02. The first-order valence-electron chi connectivity index (χ1n) is 9.53. The molecule has 3 aromatic carbocycles. The van der Waals surface area contributed by atoms with Gasteiger partial charge in [0.1, 0.15) is 4.87 Å². The Balaban J connectivity index is 1.73. The van der Waals surface area contributed by atoms with Crippen LogP contribution in [0.25, 0.3) is 0 Å². The zero-order valence-electron chi connectivity index (χ0n) is 16.2. The standard InChI is InChI=1S/C24H22N2O2S/c1-18-12-14-21(15-13-18)26-23(28)17-29-24(26,19-8-4-2-5-9-19)16-22(27)25-20-10-6-3-7-11-20/h2-15H,16-17H2,1H3,(H,25,27)/t24-/m0/s1. The summed E-state index contributed by atoms with van der Waals surface area (Å²) in [5.41, 5.74) is 3.62. The molecule has 0 bridgehead atoms. The van der Waals surface area contributed by atoms with Gasteiger partial charge in [-0.2, -0.15) is 0 Å². The molecule has 0 saturated carbocycles. The van der Waals surface area contributed by atoms with Crippen molar-refractivity contribution in [3.63, 3.8) is 0 Å². The number of nitrogens with one attached hydrogen (secondary N) is 1. The van der Waals surface area contributed by atoms with Crippen molar-refractivity contribution in [1.82, 2.24) is 0 Å². The molecule has 4 nitrogen and oxygen atoms in total. The van der Waals surface area contributed by atoms with E-state index in [1.54, 1.807) is 4.90 Å². The number of hydrogen-bond donors (Lipinski definition) is 1. The summed E-state index contributed by atoms with van der Waals surface area (Å²) < 4.78 is 0. The SMILES string of the molecule is Cc1ccc(N2C(=O)CS[C@@]2(CC(=O)Nc2ccccc2)c2ccccc2)cc1. The molecular weight excluding hydrogens is 380 g/mol. The van der Waals surface area contributed by atoms with Gasteiger partial charge in [0.25, 0.3) is 0 Å². The molecule has 3 aromatic rings. The van der Waals surface area contributed by atoms with E-state index >= 15 is 0 Å². The summed E-state index contributed by atoms with van der Waals surface area (Å²) in [7, 11) is 0. The minimum absolute atomic E-state index is 0.00946. The summed E-state index contributed by atoms with van der Waals surface area (Å²) >= 11 is 1.51. The Morgan fingerprint density at radius 2 is 1.59 bits per heavy atom. The summed E-state index contributed by atoms with van der Waals surface area (Å²) in [4.78, 5) is 27.0. The van der Waals surface area contributed by atoms with E-state index in [9.17, 15) is 9.59 Å². The van der Waals surface area contributed by atoms with Crippen LogP contribution in [0.3, 0.4) is 0 Å². The monoisotopic (exact) mass is 402 g/mol. The predicted octanol–water partition coefficient (Wildman–Crippen LogP) is 4.96. The highest BCUT2D eigenvalue weighted by molar-refractivity contribution is 8.01. The molecule has 1 N–H and O–H groups in total. The molecule has 1 aliphatic rings. The van der Waals surface area contributed by atoms with Crippen molar-refractivity contribution in [1.29, 1.82) is 0 Å². The number of thioether (sulfide) groups is 1. The Bertz CT molecular complexity index is 1010. The van der Waals surface area contributed by atoms with Gasteiger partial charge in [0.2, 0.25) is 11.8 Å². The second-order valence-corrected chi connectivity index (χ2v) is 8.35. The first-order valence-corrected chi connectivity index (χ1v) is 10.5. The molecule has 0 aromatic heterocycles. The van der Waals surface area contributed by atoms with E-state index in [1.807, 2.05) is 91.9 Å². The van der Waals surface area contributed by atoms with Crippen molar-refractivity contribution in [2.45, 2.75) is 18.2 Å². The molecule has 1 atom stereocenters. The van der Waals surface area contributed by atoms with Gasteiger partial charge in [0.05, 0.1) is 12.2 Å². The molecule has 1 aliphatic heterocycles. The maximum Gasteiger partial charge on any atom is 0.238 e. The molecule has 0 spiro atoms. The highest BCUT2D eigenvalue weighted by atomic mass is 32.2. The first-order chi connectivity index (χ1) is 14.1. The molecular formula is C24H22N2O2S. The lowest BCUT2D eigenvalue weighted by atomic mass is 9.99. The highest BCUT2D eigenvalue weighted by Gasteiger charge is 2.49. The topological polar surface area (TPSA) is 49.4 Å². The van der Waals surface area contributed by atoms with Crippen molar-refractivity contribution in [3.8, 4) is 0 Å². The number of para-hydroxylation sites is 1. The first kappa shape index (κ1) is 19.3. The molecule has 146 valence electrons. The van der Waals surface area contributed by atoms with Gasteiger partial charge in [-0.05, 0) is 36.8 Å². The van der Waals surface area contributed by atoms with Gasteiger partial charge < -0.3 is 5.32 Å². The van der Waals surface area contributed by atoms with E-state index in [4.69, 9.17) is 0 Å². The normalized spacial score (nSPS) is 18.7. The third kappa shape index (κ3) is 3.91. The number of rotatable bonds is 5. The summed E-state index contributed by atoms with van der Waals surface area (Å²) in [5, 5.41) is 2.97. The molecule has 29 heavy (non-hydrogen) atoms. The van der Waals surface area contributed by atoms with Crippen LogP contribution in [0.15, 0.2) is 84.9 Å². The fourth-order valence-electron chi connectivity index (χ4n) is 3.65. The lowest BCUT2D eigenvalue weighted by Crippen LogP contribution is -2.44. The number of nitrogens with zero attached hydrogens (tertiary/aromatic N) is 1. The van der Waals surface area contributed by atoms with Crippen molar-refractivity contribution in [2.24, 2.45) is 0 Å². The smallest absolute Gasteiger partial charge is 0.238 e. The minimum Gasteiger partial charge on any atom is -0.326 e. The van der Waals surface area contributed by atoms with Crippen LogP contribution in [0.4, 0.5) is 11.4 Å². The molecule has 0 aliphatic carbocycles. The Labute approximate surface area is 174 Å². The van der Waals surface area contributed by atoms with E-state index < -0.39 is 4.87 Å². The van der Waals surface area contributed by atoms with Gasteiger partial charge in [-0.3, -0.25) is 14.5 Å². The van der Waals surface area contributed by atoms with Crippen molar-refractivity contribution >= 4 is 35.0 Å². The van der Waals surface area contributed by atoms with Crippen molar-refractivity contribution in [3.05, 3.63) is 96.1 Å². The molecule has 4 rings (SSSR count). The summed E-state index contributed by atoms with van der Waals surface area (Å²) in [5.74, 6) is 0.219. The van der Waals surface area contributed by atoms with E-state index in [-0.39, 0.29) is 18.2 Å². The quantitative estimate of drug-likeness (QED) is 0.656. The number of anilines is 2. The van der Waals surface area contributed by atoms with Crippen LogP contribution in [0.1, 0.15) is 17.5 Å². The summed E-state index contributed by atoms with van der Waals surface area (Å²) in [6, 6.07) is 27.1. The number of carbonyl (C=O) groups is 2. The Hall–Kier alpha value is -3.05. The largest absolute Gasteiger partial charge is 0.326 e. The number of amides is 2. The van der Waals surface area contributed by atoms with Gasteiger partial charge >= 0.3 is 0 Å². The van der Waals surface area contributed by atoms with Gasteiger partial charge in [0.15, 0.2) is 0 Å². The molecule has 5 heteroatoms. The predicted molar refractivity (Wildman–Crippen MR) is 119 cm³/mol. The summed E-state index contributed by atoms with van der Waals surface area (Å²) in [6.07, 6.45) is 0.163. The second-order valence-electron chi connectivity index (χ2n) is 7.09. The van der Waals surface area contributed by atoms with Crippen molar-refractivity contribution < 1.29 is 9.59 Å². The Morgan fingerprint density at radius 1 is 0.966 bits per heavy atom. The molecule has 0 radical (unpaired) electrons. The maximum atomic E-state index is 13.0. The van der Waals surface area contributed by atoms with Crippen LogP contribution >= 0.6 is 11.8 Å². The van der Waals surface area contributed by atoms with Crippen LogP contribution in [0.2, 0.25) is 0 Å². The van der Waals surface area contributed by atoms with Gasteiger partial charge in [-0.1, -0.05) is 66.2 Å². The zero-order valence-corrected chi connectivity index (χ0v) is 17.0. The average Bonchev–Trinajstić information content (AvgIpc) is 3.07. The van der Waals surface area contributed by atoms with Crippen LogP contribution in [-0.4, -0.2) is 17.6 Å². The van der Waals surface area contributed by atoms with E-state index in [2.05, 4.69) is 5.32 Å². The van der Waals surface area contributed by atoms with Gasteiger partial charge in [0, 0.05) is 11.4 Å². The highest BCUT2D eigenvalue weighted by Crippen LogP contribution is 2.50. The fourth-order valence-corrected chi connectivity index (χ4v) is 5.01. The lowest BCUT2D eigenvalue weighted by molar-refractivity contribution is -0.117. The molecule has 2 amide bonds. The van der Waals surface area contributed by atoms with E-state index in [0.717, 1.165) is 22.5 Å². The molecule has 1 fully saturated rings. The van der Waals surface area contributed by atoms with Crippen LogP contribution in [0.5, 0.6) is 0 Å². The lowest BCUT2D eigenvalue weighted by Gasteiger charge is -2.37. The maximum absolute atomic E-state index is 13.0. The Kier molecular flexibility index (Phi) is 5.41. The Morgan fingerprint density at radius 3 is 2.24 bits per heavy atom. The van der Waals surface area contributed by atoms with Crippen LogP contribution in [-0.2, 0) is 14.5 Å². The number of aryl methyl sites for hydroxylation is 1. The van der Waals surface area contributed by atoms with Crippen LogP contribution in [0, 0.1) is 6.92 Å². The van der Waals surface area contributed by atoms with E-state index in [0.29, 0.717) is 5.75 Å². The summed E-state index contributed by atoms with van der Waals surface area (Å²) in [6.45, 7) is 2.02. The molecule has 1 saturated heterocycles. The number of hydrogen-bond acceptors (Lipinski definition) is 3. The number of benzene rings is 3. The average molecular weight is 403 g/mol. The zero-order chi connectivity index (χ0) is 20.3. The van der Waals surface area contributed by atoms with E-state index in [1.165, 1.54) is 11.8 Å². The van der Waals surface area contributed by atoms with Gasteiger partial charge in [-0.25, -0.2) is 0 Å². The van der Waals surface area contributed by atoms with Crippen LogP contribution < -0.4 is 10.2 Å². The van der Waals surface area contributed by atoms with Gasteiger partial charge in [-0.15, -0.1) is 11.8 Å².